The molecule has 0 aromatic carbocycles. The Balaban J connectivity index is 1.96. The van der Waals surface area contributed by atoms with Crippen LogP contribution >= 0.6 is 0 Å². The second-order valence-corrected chi connectivity index (χ2v) is 4.25. The average molecular weight is 166 g/mol. The van der Waals surface area contributed by atoms with E-state index in [0.717, 1.165) is 18.9 Å². The molecule has 0 amide bonds. The van der Waals surface area contributed by atoms with Crippen molar-refractivity contribution in [2.24, 2.45) is 5.41 Å². The van der Waals surface area contributed by atoms with E-state index in [4.69, 9.17) is 0 Å². The lowest BCUT2D eigenvalue weighted by Gasteiger charge is -2.42. The Morgan fingerprint density at radius 2 is 1.58 bits per heavy atom. The van der Waals surface area contributed by atoms with E-state index in [2.05, 4.69) is 17.2 Å². The summed E-state index contributed by atoms with van der Waals surface area (Å²) < 4.78 is 0. The van der Waals surface area contributed by atoms with Crippen LogP contribution in [0.2, 0.25) is 0 Å². The molecule has 1 aliphatic carbocycles. The van der Waals surface area contributed by atoms with Crippen molar-refractivity contribution < 1.29 is 0 Å². The van der Waals surface area contributed by atoms with Crippen LogP contribution in [0.15, 0.2) is 12.4 Å². The molecular weight excluding hydrogens is 148 g/mol. The highest BCUT2D eigenvalue weighted by molar-refractivity contribution is 5.00. The predicted octanol–water partition coefficient (Wildman–Crippen LogP) is 1.60. The van der Waals surface area contributed by atoms with Crippen LogP contribution in [0.25, 0.3) is 0 Å². The molecule has 2 nitrogen and oxygen atoms in total. The number of hydrogen-bond acceptors (Lipinski definition) is 2. The Morgan fingerprint density at radius 3 is 2.17 bits per heavy atom. The zero-order valence-electron chi connectivity index (χ0n) is 7.66. The molecule has 1 saturated heterocycles. The quantitative estimate of drug-likeness (QED) is 0.571. The molecule has 0 aromatic rings. The zero-order valence-corrected chi connectivity index (χ0v) is 7.66. The van der Waals surface area contributed by atoms with E-state index in [1.807, 2.05) is 0 Å². The van der Waals surface area contributed by atoms with Gasteiger partial charge in [-0.3, -0.25) is 0 Å². The maximum Gasteiger partial charge on any atom is 0.0912 e. The van der Waals surface area contributed by atoms with Gasteiger partial charge >= 0.3 is 0 Å². The van der Waals surface area contributed by atoms with Gasteiger partial charge in [-0.1, -0.05) is 25.8 Å². The van der Waals surface area contributed by atoms with Gasteiger partial charge in [-0.05, 0) is 12.8 Å². The predicted molar refractivity (Wildman–Crippen MR) is 50.7 cm³/mol. The summed E-state index contributed by atoms with van der Waals surface area (Å²) in [4.78, 5) is 0. The van der Waals surface area contributed by atoms with Crippen molar-refractivity contribution in [3.8, 4) is 0 Å². The van der Waals surface area contributed by atoms with Crippen molar-refractivity contribution in [2.45, 2.75) is 32.1 Å². The van der Waals surface area contributed by atoms with Gasteiger partial charge in [0.25, 0.3) is 0 Å². The van der Waals surface area contributed by atoms with Crippen molar-refractivity contribution in [1.29, 1.82) is 0 Å². The van der Waals surface area contributed by atoms with Gasteiger partial charge in [0, 0.05) is 18.5 Å². The van der Waals surface area contributed by atoms with Gasteiger partial charge < -0.3 is 10.6 Å². The molecule has 0 bridgehead atoms. The van der Waals surface area contributed by atoms with Crippen LogP contribution in [-0.2, 0) is 0 Å². The van der Waals surface area contributed by atoms with Crippen LogP contribution in [-0.4, -0.2) is 13.1 Å². The lowest BCUT2D eigenvalue weighted by molar-refractivity contribution is 0.164. The lowest BCUT2D eigenvalue weighted by Crippen LogP contribution is -2.50. The fraction of sp³-hybridized carbons (Fsp3) is 0.800. The molecule has 1 saturated carbocycles. The molecule has 1 aliphatic heterocycles. The number of hydrogen-bond donors (Lipinski definition) is 2. The molecule has 0 atom stereocenters. The second kappa shape index (κ2) is 3.00. The first-order valence-electron chi connectivity index (χ1n) is 4.97. The standard InChI is InChI=1S/C10H18N2/c1-9-11-7-10(8-12-9)5-3-2-4-6-10/h11-12H,1-8H2. The molecule has 12 heavy (non-hydrogen) atoms. The van der Waals surface area contributed by atoms with Crippen molar-refractivity contribution in [2.75, 3.05) is 13.1 Å². The van der Waals surface area contributed by atoms with Crippen molar-refractivity contribution in [3.63, 3.8) is 0 Å². The van der Waals surface area contributed by atoms with Crippen LogP contribution in [0.4, 0.5) is 0 Å². The molecule has 2 aliphatic rings. The van der Waals surface area contributed by atoms with E-state index in [9.17, 15) is 0 Å². The normalized spacial score (nSPS) is 27.8. The molecule has 2 heteroatoms. The first kappa shape index (κ1) is 7.96. The number of nitrogens with one attached hydrogen (secondary N) is 2. The minimum atomic E-state index is 0.555. The van der Waals surface area contributed by atoms with E-state index in [1.54, 1.807) is 0 Å². The minimum absolute atomic E-state index is 0.555. The lowest BCUT2D eigenvalue weighted by atomic mass is 9.73. The smallest absolute Gasteiger partial charge is 0.0912 e. The zero-order chi connectivity index (χ0) is 8.44. The summed E-state index contributed by atoms with van der Waals surface area (Å²) in [5.41, 5.74) is 0.555. The summed E-state index contributed by atoms with van der Waals surface area (Å²) in [6.07, 6.45) is 7.04. The summed E-state index contributed by atoms with van der Waals surface area (Å²) >= 11 is 0. The monoisotopic (exact) mass is 166 g/mol. The highest BCUT2D eigenvalue weighted by atomic mass is 15.1. The maximum absolute atomic E-state index is 3.87. The van der Waals surface area contributed by atoms with Gasteiger partial charge in [0.1, 0.15) is 0 Å². The Bertz CT molecular complexity index is 168. The van der Waals surface area contributed by atoms with Crippen LogP contribution in [0.1, 0.15) is 32.1 Å². The fourth-order valence-electron chi connectivity index (χ4n) is 2.37. The third-order valence-electron chi connectivity index (χ3n) is 3.27. The van der Waals surface area contributed by atoms with E-state index in [-0.39, 0.29) is 0 Å². The second-order valence-electron chi connectivity index (χ2n) is 4.25. The summed E-state index contributed by atoms with van der Waals surface area (Å²) in [5.74, 6) is 1.01. The van der Waals surface area contributed by atoms with Crippen LogP contribution in [0.3, 0.4) is 0 Å². The topological polar surface area (TPSA) is 24.1 Å². The third-order valence-corrected chi connectivity index (χ3v) is 3.27. The maximum atomic E-state index is 3.87. The molecule has 2 fully saturated rings. The Kier molecular flexibility index (Phi) is 1.99. The van der Waals surface area contributed by atoms with E-state index in [0.29, 0.717) is 5.41 Å². The molecule has 0 unspecified atom stereocenters. The average Bonchev–Trinajstić information content (AvgIpc) is 2.13. The minimum Gasteiger partial charge on any atom is -0.372 e. The summed E-state index contributed by atoms with van der Waals surface area (Å²) in [6.45, 7) is 6.15. The van der Waals surface area contributed by atoms with Gasteiger partial charge in [-0.15, -0.1) is 0 Å². The first-order chi connectivity index (χ1) is 5.81. The van der Waals surface area contributed by atoms with Gasteiger partial charge in [0.05, 0.1) is 5.82 Å². The molecular formula is C10H18N2. The largest absolute Gasteiger partial charge is 0.372 e. The highest BCUT2D eigenvalue weighted by Crippen LogP contribution is 2.36. The Morgan fingerprint density at radius 1 is 1.00 bits per heavy atom. The van der Waals surface area contributed by atoms with Gasteiger partial charge in [-0.2, -0.15) is 0 Å². The Labute approximate surface area is 74.4 Å². The van der Waals surface area contributed by atoms with E-state index in [1.165, 1.54) is 32.1 Å². The SMILES string of the molecule is C=C1NCC2(CCCCC2)CN1. The van der Waals surface area contributed by atoms with Gasteiger partial charge in [-0.25, -0.2) is 0 Å². The Hall–Kier alpha value is -0.660. The van der Waals surface area contributed by atoms with E-state index >= 15 is 0 Å². The first-order valence-corrected chi connectivity index (χ1v) is 4.97. The molecule has 1 spiro atoms. The van der Waals surface area contributed by atoms with Crippen molar-refractivity contribution in [3.05, 3.63) is 12.4 Å². The molecule has 1 heterocycles. The molecule has 2 N–H and O–H groups in total. The van der Waals surface area contributed by atoms with Gasteiger partial charge in [0.2, 0.25) is 0 Å². The van der Waals surface area contributed by atoms with Gasteiger partial charge in [0.15, 0.2) is 0 Å². The molecule has 2 rings (SSSR count). The van der Waals surface area contributed by atoms with Crippen molar-refractivity contribution >= 4 is 0 Å². The highest BCUT2D eigenvalue weighted by Gasteiger charge is 2.33. The summed E-state index contributed by atoms with van der Waals surface area (Å²) in [7, 11) is 0. The number of rotatable bonds is 0. The third kappa shape index (κ3) is 1.43. The van der Waals surface area contributed by atoms with Crippen LogP contribution < -0.4 is 10.6 Å². The fourth-order valence-corrected chi connectivity index (χ4v) is 2.37. The summed E-state index contributed by atoms with van der Waals surface area (Å²) in [6, 6.07) is 0. The van der Waals surface area contributed by atoms with Crippen LogP contribution in [0.5, 0.6) is 0 Å². The molecule has 68 valence electrons. The molecule has 0 radical (unpaired) electrons. The summed E-state index contributed by atoms with van der Waals surface area (Å²) in [5, 5.41) is 6.67. The van der Waals surface area contributed by atoms with Crippen LogP contribution in [0, 0.1) is 5.41 Å². The van der Waals surface area contributed by atoms with E-state index < -0.39 is 0 Å². The van der Waals surface area contributed by atoms with Crippen molar-refractivity contribution in [1.82, 2.24) is 10.6 Å². The molecule has 0 aromatic heterocycles.